The predicted octanol–water partition coefficient (Wildman–Crippen LogP) is 6.33. The lowest BCUT2D eigenvalue weighted by atomic mass is 10.2. The number of carbonyl (C=O) groups is 1. The number of hydrogen-bond acceptors (Lipinski definition) is 5. The van der Waals surface area contributed by atoms with Crippen LogP contribution < -0.4 is 15.4 Å². The molecule has 0 atom stereocenters. The lowest BCUT2D eigenvalue weighted by Crippen LogP contribution is -2.34. The van der Waals surface area contributed by atoms with E-state index in [-0.39, 0.29) is 11.0 Å². The normalized spacial score (nSPS) is 10.7. The second-order valence-electron chi connectivity index (χ2n) is 6.69. The standard InChI is InChI=1S/C23H17Cl2N3O3S/c1-2-30-19-9-5-14(11-17(19)25)21(29)28-23(32)26-16-7-3-13(4-8-16)22-27-18-12-15(24)6-10-20(18)31-22/h3-12H,2H2,1H3,(H2,26,28,29,32). The predicted molar refractivity (Wildman–Crippen MR) is 131 cm³/mol. The van der Waals surface area contributed by atoms with Crippen LogP contribution >= 0.6 is 35.4 Å². The van der Waals surface area contributed by atoms with Gasteiger partial charge < -0.3 is 14.5 Å². The van der Waals surface area contributed by atoms with Gasteiger partial charge in [-0.2, -0.15) is 0 Å². The maximum absolute atomic E-state index is 12.4. The molecule has 0 bridgehead atoms. The highest BCUT2D eigenvalue weighted by Gasteiger charge is 2.12. The van der Waals surface area contributed by atoms with Crippen molar-refractivity contribution in [3.63, 3.8) is 0 Å². The largest absolute Gasteiger partial charge is 0.492 e. The Hall–Kier alpha value is -3.13. The molecule has 0 aliphatic rings. The van der Waals surface area contributed by atoms with Gasteiger partial charge in [-0.25, -0.2) is 4.98 Å². The van der Waals surface area contributed by atoms with E-state index in [2.05, 4.69) is 15.6 Å². The Morgan fingerprint density at radius 3 is 2.59 bits per heavy atom. The summed E-state index contributed by atoms with van der Waals surface area (Å²) >= 11 is 17.4. The van der Waals surface area contributed by atoms with Crippen molar-refractivity contribution in [1.82, 2.24) is 10.3 Å². The lowest BCUT2D eigenvalue weighted by molar-refractivity contribution is 0.0977. The van der Waals surface area contributed by atoms with E-state index < -0.39 is 0 Å². The van der Waals surface area contributed by atoms with Crippen LogP contribution in [0.5, 0.6) is 5.75 Å². The van der Waals surface area contributed by atoms with Crippen LogP contribution in [0.3, 0.4) is 0 Å². The first-order valence-corrected chi connectivity index (χ1v) is 10.8. The zero-order chi connectivity index (χ0) is 22.7. The summed E-state index contributed by atoms with van der Waals surface area (Å²) in [6, 6.07) is 17.4. The number of rotatable bonds is 5. The molecule has 0 unspecified atom stereocenters. The molecule has 162 valence electrons. The molecule has 2 N–H and O–H groups in total. The highest BCUT2D eigenvalue weighted by atomic mass is 35.5. The molecule has 0 radical (unpaired) electrons. The molecule has 32 heavy (non-hydrogen) atoms. The number of halogens is 2. The van der Waals surface area contributed by atoms with Crippen LogP contribution in [0, 0.1) is 0 Å². The van der Waals surface area contributed by atoms with Gasteiger partial charge in [-0.05, 0) is 79.8 Å². The Kier molecular flexibility index (Phi) is 6.60. The average Bonchev–Trinajstić information content (AvgIpc) is 3.19. The molecule has 0 spiro atoms. The van der Waals surface area contributed by atoms with Crippen LogP contribution in [0.2, 0.25) is 10.0 Å². The number of fused-ring (bicyclic) bond motifs is 1. The molecule has 0 aliphatic heterocycles. The van der Waals surface area contributed by atoms with Gasteiger partial charge >= 0.3 is 0 Å². The topological polar surface area (TPSA) is 76.4 Å². The number of aromatic nitrogens is 1. The molecule has 1 amide bonds. The minimum Gasteiger partial charge on any atom is -0.492 e. The number of thiocarbonyl (C=S) groups is 1. The summed E-state index contributed by atoms with van der Waals surface area (Å²) in [6.45, 7) is 2.34. The highest BCUT2D eigenvalue weighted by Crippen LogP contribution is 2.27. The fourth-order valence-corrected chi connectivity index (χ4v) is 3.58. The molecule has 0 saturated heterocycles. The zero-order valence-electron chi connectivity index (χ0n) is 16.8. The molecular formula is C23H17Cl2N3O3S. The van der Waals surface area contributed by atoms with Crippen molar-refractivity contribution in [2.75, 3.05) is 11.9 Å². The van der Waals surface area contributed by atoms with Crippen molar-refractivity contribution in [2.45, 2.75) is 6.92 Å². The Morgan fingerprint density at radius 2 is 1.88 bits per heavy atom. The molecule has 9 heteroatoms. The van der Waals surface area contributed by atoms with E-state index in [1.807, 2.05) is 31.2 Å². The van der Waals surface area contributed by atoms with Crippen molar-refractivity contribution >= 4 is 63.2 Å². The molecule has 1 heterocycles. The number of ether oxygens (including phenoxy) is 1. The second-order valence-corrected chi connectivity index (χ2v) is 7.95. The van der Waals surface area contributed by atoms with Crippen molar-refractivity contribution in [1.29, 1.82) is 0 Å². The van der Waals surface area contributed by atoms with Gasteiger partial charge in [0, 0.05) is 21.8 Å². The number of anilines is 1. The van der Waals surface area contributed by atoms with Gasteiger partial charge in [-0.3, -0.25) is 10.1 Å². The van der Waals surface area contributed by atoms with Gasteiger partial charge in [0.2, 0.25) is 5.89 Å². The second kappa shape index (κ2) is 9.56. The summed E-state index contributed by atoms with van der Waals surface area (Å²) in [4.78, 5) is 16.9. The summed E-state index contributed by atoms with van der Waals surface area (Å²) in [5.74, 6) is 0.625. The Bertz CT molecular complexity index is 1310. The number of nitrogens with one attached hydrogen (secondary N) is 2. The number of carbonyl (C=O) groups excluding carboxylic acids is 1. The monoisotopic (exact) mass is 485 g/mol. The molecule has 0 aliphatic carbocycles. The third-order valence-corrected chi connectivity index (χ3v) is 5.19. The first-order chi connectivity index (χ1) is 15.4. The smallest absolute Gasteiger partial charge is 0.257 e. The van der Waals surface area contributed by atoms with E-state index >= 15 is 0 Å². The zero-order valence-corrected chi connectivity index (χ0v) is 19.1. The maximum Gasteiger partial charge on any atom is 0.257 e. The third-order valence-electron chi connectivity index (χ3n) is 4.46. The fourth-order valence-electron chi connectivity index (χ4n) is 2.97. The molecule has 0 fully saturated rings. The van der Waals surface area contributed by atoms with Crippen LogP contribution in [0.15, 0.2) is 65.1 Å². The van der Waals surface area contributed by atoms with Crippen LogP contribution in [0.1, 0.15) is 17.3 Å². The molecular weight excluding hydrogens is 469 g/mol. The first kappa shape index (κ1) is 22.1. The summed E-state index contributed by atoms with van der Waals surface area (Å²) in [7, 11) is 0. The molecule has 3 aromatic carbocycles. The molecule has 1 aromatic heterocycles. The van der Waals surface area contributed by atoms with Crippen molar-refractivity contribution in [3.8, 4) is 17.2 Å². The Balaban J connectivity index is 1.40. The van der Waals surface area contributed by atoms with Crippen molar-refractivity contribution < 1.29 is 13.9 Å². The first-order valence-electron chi connectivity index (χ1n) is 9.64. The number of amides is 1. The van der Waals surface area contributed by atoms with E-state index in [0.717, 1.165) is 5.56 Å². The van der Waals surface area contributed by atoms with Crippen LogP contribution in [-0.2, 0) is 0 Å². The van der Waals surface area contributed by atoms with Gasteiger partial charge in [0.1, 0.15) is 11.3 Å². The van der Waals surface area contributed by atoms with Crippen LogP contribution in [0.4, 0.5) is 5.69 Å². The van der Waals surface area contributed by atoms with E-state index in [9.17, 15) is 4.79 Å². The average molecular weight is 486 g/mol. The SMILES string of the molecule is CCOc1ccc(C(=O)NC(=S)Nc2ccc(-c3nc4cc(Cl)ccc4o3)cc2)cc1Cl. The van der Waals surface area contributed by atoms with Crippen LogP contribution in [-0.4, -0.2) is 22.6 Å². The lowest BCUT2D eigenvalue weighted by Gasteiger charge is -2.11. The van der Waals surface area contributed by atoms with Gasteiger partial charge in [0.05, 0.1) is 11.6 Å². The van der Waals surface area contributed by atoms with E-state index in [1.54, 1.807) is 30.3 Å². The summed E-state index contributed by atoms with van der Waals surface area (Å²) < 4.78 is 11.1. The number of hydrogen-bond donors (Lipinski definition) is 2. The van der Waals surface area contributed by atoms with E-state index in [4.69, 9.17) is 44.6 Å². The highest BCUT2D eigenvalue weighted by molar-refractivity contribution is 7.80. The molecule has 6 nitrogen and oxygen atoms in total. The number of nitrogens with zero attached hydrogens (tertiary/aromatic N) is 1. The van der Waals surface area contributed by atoms with Crippen molar-refractivity contribution in [2.24, 2.45) is 0 Å². The van der Waals surface area contributed by atoms with Crippen molar-refractivity contribution in [3.05, 3.63) is 76.3 Å². The molecule has 4 rings (SSSR count). The van der Waals surface area contributed by atoms with Gasteiger partial charge in [-0.15, -0.1) is 0 Å². The minimum atomic E-state index is -0.380. The van der Waals surface area contributed by atoms with Gasteiger partial charge in [0.15, 0.2) is 10.7 Å². The van der Waals surface area contributed by atoms with Gasteiger partial charge in [-0.1, -0.05) is 23.2 Å². The van der Waals surface area contributed by atoms with E-state index in [1.165, 1.54) is 6.07 Å². The molecule has 0 saturated carbocycles. The number of oxazole rings is 1. The Labute approximate surface area is 199 Å². The minimum absolute atomic E-state index is 0.157. The van der Waals surface area contributed by atoms with E-state index in [0.29, 0.717) is 50.6 Å². The summed E-state index contributed by atoms with van der Waals surface area (Å²) in [5, 5.41) is 6.72. The Morgan fingerprint density at radius 1 is 1.09 bits per heavy atom. The maximum atomic E-state index is 12.4. The third kappa shape index (κ3) is 5.02. The summed E-state index contributed by atoms with van der Waals surface area (Å²) in [6.07, 6.45) is 0. The fraction of sp³-hybridized carbons (Fsp3) is 0.0870. The molecule has 4 aromatic rings. The summed E-state index contributed by atoms with van der Waals surface area (Å²) in [5.41, 5.74) is 3.21. The quantitative estimate of drug-likeness (QED) is 0.321. The number of benzene rings is 3. The van der Waals surface area contributed by atoms with Crippen LogP contribution in [0.25, 0.3) is 22.6 Å². The van der Waals surface area contributed by atoms with Gasteiger partial charge in [0.25, 0.3) is 5.91 Å².